The molecule has 1 aromatic heterocycles. The molecule has 2 rings (SSSR count). The Hall–Kier alpha value is -2.69. The molecule has 0 bridgehead atoms. The molecule has 5 nitrogen and oxygen atoms in total. The fourth-order valence-corrected chi connectivity index (χ4v) is 1.63. The van der Waals surface area contributed by atoms with Crippen molar-refractivity contribution < 1.29 is 9.53 Å². The second-order valence-corrected chi connectivity index (χ2v) is 4.37. The molecule has 0 atom stereocenters. The van der Waals surface area contributed by atoms with Gasteiger partial charge in [0.2, 0.25) is 0 Å². The molecule has 0 aliphatic heterocycles. The van der Waals surface area contributed by atoms with Crippen LogP contribution in [0.15, 0.2) is 53.9 Å². The number of nitrogens with one attached hydrogen (secondary N) is 1. The Bertz CT molecular complexity index is 595. The highest BCUT2D eigenvalue weighted by atomic mass is 16.5. The van der Waals surface area contributed by atoms with Gasteiger partial charge in [0.1, 0.15) is 5.75 Å². The van der Waals surface area contributed by atoms with Gasteiger partial charge in [0.15, 0.2) is 6.61 Å². The van der Waals surface area contributed by atoms with Crippen LogP contribution < -0.4 is 10.2 Å². The molecule has 1 aromatic carbocycles. The molecule has 0 saturated heterocycles. The second-order valence-electron chi connectivity index (χ2n) is 4.37. The first-order valence-electron chi connectivity index (χ1n) is 6.71. The van der Waals surface area contributed by atoms with E-state index in [1.807, 2.05) is 30.3 Å². The Labute approximate surface area is 123 Å². The summed E-state index contributed by atoms with van der Waals surface area (Å²) in [7, 11) is 0. The van der Waals surface area contributed by atoms with Gasteiger partial charge in [-0.3, -0.25) is 9.78 Å². The van der Waals surface area contributed by atoms with Gasteiger partial charge in [0.05, 0.1) is 6.21 Å². The van der Waals surface area contributed by atoms with Crippen LogP contribution in [0.1, 0.15) is 18.1 Å². The lowest BCUT2D eigenvalue weighted by Gasteiger charge is -2.05. The fraction of sp³-hybridized carbons (Fsp3) is 0.188. The smallest absolute Gasteiger partial charge is 0.277 e. The van der Waals surface area contributed by atoms with Gasteiger partial charge in [-0.15, -0.1) is 0 Å². The Morgan fingerprint density at radius 2 is 2.14 bits per heavy atom. The minimum Gasteiger partial charge on any atom is -0.484 e. The first-order valence-corrected chi connectivity index (χ1v) is 6.71. The van der Waals surface area contributed by atoms with Crippen molar-refractivity contribution >= 4 is 12.1 Å². The van der Waals surface area contributed by atoms with Crippen molar-refractivity contribution in [1.29, 1.82) is 0 Å². The van der Waals surface area contributed by atoms with Crippen LogP contribution >= 0.6 is 0 Å². The van der Waals surface area contributed by atoms with Crippen LogP contribution in [0.3, 0.4) is 0 Å². The van der Waals surface area contributed by atoms with E-state index in [4.69, 9.17) is 4.74 Å². The number of aromatic nitrogens is 1. The Kier molecular flexibility index (Phi) is 5.46. The third kappa shape index (κ3) is 5.06. The molecule has 0 spiro atoms. The highest BCUT2D eigenvalue weighted by Crippen LogP contribution is 2.12. The lowest BCUT2D eigenvalue weighted by atomic mass is 10.2. The van der Waals surface area contributed by atoms with Crippen molar-refractivity contribution in [1.82, 2.24) is 10.4 Å². The quantitative estimate of drug-likeness (QED) is 0.653. The van der Waals surface area contributed by atoms with Crippen LogP contribution in [0, 0.1) is 0 Å². The lowest BCUT2D eigenvalue weighted by molar-refractivity contribution is -0.123. The summed E-state index contributed by atoms with van der Waals surface area (Å²) >= 11 is 0. The molecule has 5 heteroatoms. The van der Waals surface area contributed by atoms with Crippen molar-refractivity contribution in [3.8, 4) is 5.75 Å². The molecule has 1 amide bonds. The molecule has 0 fully saturated rings. The number of hydrogen-bond donors (Lipinski definition) is 1. The van der Waals surface area contributed by atoms with E-state index < -0.39 is 0 Å². The average Bonchev–Trinajstić information content (AvgIpc) is 2.54. The zero-order valence-electron chi connectivity index (χ0n) is 11.8. The predicted octanol–water partition coefficient (Wildman–Crippen LogP) is 2.17. The summed E-state index contributed by atoms with van der Waals surface area (Å²) in [6.07, 6.45) is 5.83. The van der Waals surface area contributed by atoms with Gasteiger partial charge in [-0.2, -0.15) is 5.10 Å². The molecule has 0 aliphatic carbocycles. The van der Waals surface area contributed by atoms with Crippen LogP contribution in [0.25, 0.3) is 0 Å². The first kappa shape index (κ1) is 14.7. The normalized spacial score (nSPS) is 10.5. The highest BCUT2D eigenvalue weighted by molar-refractivity contribution is 5.82. The minimum atomic E-state index is -0.310. The monoisotopic (exact) mass is 283 g/mol. The van der Waals surface area contributed by atoms with Gasteiger partial charge in [0.25, 0.3) is 5.91 Å². The van der Waals surface area contributed by atoms with Gasteiger partial charge < -0.3 is 4.74 Å². The first-order chi connectivity index (χ1) is 10.3. The van der Waals surface area contributed by atoms with Crippen molar-refractivity contribution in [3.05, 3.63) is 59.9 Å². The van der Waals surface area contributed by atoms with E-state index in [1.165, 1.54) is 11.8 Å². The molecular weight excluding hydrogens is 266 g/mol. The van der Waals surface area contributed by atoms with E-state index in [9.17, 15) is 4.79 Å². The topological polar surface area (TPSA) is 63.6 Å². The molecular formula is C16H17N3O2. The van der Waals surface area contributed by atoms with Gasteiger partial charge in [-0.05, 0) is 30.2 Å². The van der Waals surface area contributed by atoms with Gasteiger partial charge in [-0.1, -0.05) is 25.1 Å². The minimum absolute atomic E-state index is 0.0736. The maximum Gasteiger partial charge on any atom is 0.277 e. The summed E-state index contributed by atoms with van der Waals surface area (Å²) in [5.41, 5.74) is 4.44. The Balaban J connectivity index is 1.75. The molecule has 2 aromatic rings. The Morgan fingerprint density at radius 1 is 1.33 bits per heavy atom. The molecule has 0 unspecified atom stereocenters. The van der Waals surface area contributed by atoms with Gasteiger partial charge >= 0.3 is 0 Å². The largest absolute Gasteiger partial charge is 0.484 e. The molecule has 1 heterocycles. The van der Waals surface area contributed by atoms with Crippen molar-refractivity contribution in [2.75, 3.05) is 6.61 Å². The van der Waals surface area contributed by atoms with Crippen LogP contribution in [0.2, 0.25) is 0 Å². The average molecular weight is 283 g/mol. The number of carbonyl (C=O) groups is 1. The van der Waals surface area contributed by atoms with E-state index in [1.54, 1.807) is 18.5 Å². The van der Waals surface area contributed by atoms with Gasteiger partial charge in [0, 0.05) is 18.0 Å². The number of benzene rings is 1. The standard InChI is InChI=1S/C16H17N3O2/c1-2-13-5-7-15(8-6-13)21-12-16(20)19-18-11-14-4-3-9-17-10-14/h3-11H,2,12H2,1H3,(H,19,20)/b18-11-. The maximum atomic E-state index is 11.6. The van der Waals surface area contributed by atoms with Crippen molar-refractivity contribution in [3.63, 3.8) is 0 Å². The van der Waals surface area contributed by atoms with Crippen molar-refractivity contribution in [2.24, 2.45) is 5.10 Å². The van der Waals surface area contributed by atoms with E-state index in [0.717, 1.165) is 12.0 Å². The zero-order valence-corrected chi connectivity index (χ0v) is 11.8. The van der Waals surface area contributed by atoms with E-state index in [-0.39, 0.29) is 12.5 Å². The SMILES string of the molecule is CCc1ccc(OCC(=O)N/N=C\c2cccnc2)cc1. The Morgan fingerprint density at radius 3 is 2.81 bits per heavy atom. The number of carbonyl (C=O) groups excluding carboxylic acids is 1. The number of amides is 1. The predicted molar refractivity (Wildman–Crippen MR) is 81.3 cm³/mol. The van der Waals surface area contributed by atoms with Crippen molar-refractivity contribution in [2.45, 2.75) is 13.3 Å². The van der Waals surface area contributed by atoms with Crippen LogP contribution in [-0.2, 0) is 11.2 Å². The van der Waals surface area contributed by atoms with Crippen LogP contribution in [0.4, 0.5) is 0 Å². The number of nitrogens with zero attached hydrogens (tertiary/aromatic N) is 2. The van der Waals surface area contributed by atoms with Crippen LogP contribution in [-0.4, -0.2) is 23.7 Å². The fourth-order valence-electron chi connectivity index (χ4n) is 1.63. The molecule has 108 valence electrons. The summed E-state index contributed by atoms with van der Waals surface area (Å²) < 4.78 is 5.37. The number of aryl methyl sites for hydroxylation is 1. The van der Waals surface area contributed by atoms with E-state index in [0.29, 0.717) is 5.75 Å². The third-order valence-electron chi connectivity index (χ3n) is 2.79. The summed E-state index contributed by atoms with van der Waals surface area (Å²) in [6, 6.07) is 11.3. The number of pyridine rings is 1. The van der Waals surface area contributed by atoms with Gasteiger partial charge in [-0.25, -0.2) is 5.43 Å². The highest BCUT2D eigenvalue weighted by Gasteiger charge is 2.01. The number of hydrazone groups is 1. The number of rotatable bonds is 6. The maximum absolute atomic E-state index is 11.6. The van der Waals surface area contributed by atoms with E-state index in [2.05, 4.69) is 22.4 Å². The summed E-state index contributed by atoms with van der Waals surface area (Å²) in [6.45, 7) is 2.01. The summed E-state index contributed by atoms with van der Waals surface area (Å²) in [4.78, 5) is 15.5. The molecule has 0 aliphatic rings. The molecule has 0 radical (unpaired) electrons. The van der Waals surface area contributed by atoms with E-state index >= 15 is 0 Å². The lowest BCUT2D eigenvalue weighted by Crippen LogP contribution is -2.24. The summed E-state index contributed by atoms with van der Waals surface area (Å²) in [5, 5.41) is 3.84. The third-order valence-corrected chi connectivity index (χ3v) is 2.79. The zero-order chi connectivity index (χ0) is 14.9. The second kappa shape index (κ2) is 7.79. The molecule has 21 heavy (non-hydrogen) atoms. The number of ether oxygens (including phenoxy) is 1. The van der Waals surface area contributed by atoms with Crippen LogP contribution in [0.5, 0.6) is 5.75 Å². The summed E-state index contributed by atoms with van der Waals surface area (Å²) in [5.74, 6) is 0.355. The molecule has 0 saturated carbocycles. The molecule has 1 N–H and O–H groups in total. The number of hydrogen-bond acceptors (Lipinski definition) is 4.